The molecule has 5 rings (SSSR count). The molecule has 1 saturated heterocycles. The highest BCUT2D eigenvalue weighted by atomic mass is 31.2. The molecule has 0 radical (unpaired) electrons. The van der Waals surface area contributed by atoms with Crippen molar-refractivity contribution >= 4 is 24.5 Å². The molecule has 0 saturated carbocycles. The molecule has 38 heavy (non-hydrogen) atoms. The van der Waals surface area contributed by atoms with Crippen molar-refractivity contribution in [1.82, 2.24) is 0 Å². The lowest BCUT2D eigenvalue weighted by Crippen LogP contribution is -2.55. The molecule has 4 aromatic rings. The van der Waals surface area contributed by atoms with Crippen molar-refractivity contribution in [1.29, 1.82) is 0 Å². The number of aromatic hydroxyl groups is 1. The molecule has 4 aromatic carbocycles. The number of amides is 1. The normalized spacial score (nSPS) is 18.2. The molecular formula is C30H28NO6P. The van der Waals surface area contributed by atoms with Gasteiger partial charge in [0.05, 0.1) is 23.4 Å². The summed E-state index contributed by atoms with van der Waals surface area (Å²) in [6.45, 7) is 0. The van der Waals surface area contributed by atoms with E-state index in [0.29, 0.717) is 35.2 Å². The molecule has 0 bridgehead atoms. The first-order valence-electron chi connectivity index (χ1n) is 12.4. The van der Waals surface area contributed by atoms with Crippen molar-refractivity contribution in [2.45, 2.75) is 25.0 Å². The number of phenols is 1. The van der Waals surface area contributed by atoms with Crippen LogP contribution in [0.2, 0.25) is 0 Å². The molecule has 8 heteroatoms. The van der Waals surface area contributed by atoms with Crippen LogP contribution in [-0.4, -0.2) is 25.9 Å². The Morgan fingerprint density at radius 2 is 1.47 bits per heavy atom. The van der Waals surface area contributed by atoms with Crippen LogP contribution in [0.25, 0.3) is 11.1 Å². The van der Waals surface area contributed by atoms with Gasteiger partial charge in [0.2, 0.25) is 5.91 Å². The van der Waals surface area contributed by atoms with E-state index in [0.717, 1.165) is 5.56 Å². The first-order valence-corrected chi connectivity index (χ1v) is 14.0. The van der Waals surface area contributed by atoms with Gasteiger partial charge in [0.15, 0.2) is 0 Å². The van der Waals surface area contributed by atoms with E-state index in [1.807, 2.05) is 60.7 Å². The van der Waals surface area contributed by atoms with Gasteiger partial charge in [0, 0.05) is 11.3 Å². The summed E-state index contributed by atoms with van der Waals surface area (Å²) < 4.78 is 12.0. The Morgan fingerprint density at radius 1 is 0.842 bits per heavy atom. The number of para-hydroxylation sites is 1. The van der Waals surface area contributed by atoms with Gasteiger partial charge in [-0.25, -0.2) is 0 Å². The third kappa shape index (κ3) is 5.02. The number of carbonyl (C=O) groups is 1. The molecule has 1 aliphatic heterocycles. The molecule has 0 unspecified atom stereocenters. The Morgan fingerprint density at radius 3 is 2.13 bits per heavy atom. The lowest BCUT2D eigenvalue weighted by Gasteiger charge is -2.48. The number of benzene rings is 4. The molecule has 194 valence electrons. The minimum Gasteiger partial charge on any atom is -0.508 e. The number of hydrogen-bond acceptors (Lipinski definition) is 4. The van der Waals surface area contributed by atoms with E-state index in [-0.39, 0.29) is 17.0 Å². The van der Waals surface area contributed by atoms with E-state index in [2.05, 4.69) is 0 Å². The first kappa shape index (κ1) is 25.9. The molecule has 4 N–H and O–H groups in total. The van der Waals surface area contributed by atoms with Gasteiger partial charge in [0.25, 0.3) is 0 Å². The Bertz CT molecular complexity index is 1490. The lowest BCUT2D eigenvalue weighted by atomic mass is 9.77. The van der Waals surface area contributed by atoms with Crippen LogP contribution in [0.4, 0.5) is 5.69 Å². The first-order chi connectivity index (χ1) is 18.3. The van der Waals surface area contributed by atoms with Crippen LogP contribution in [0.5, 0.6) is 5.75 Å². The van der Waals surface area contributed by atoms with Crippen molar-refractivity contribution in [3.05, 3.63) is 114 Å². The van der Waals surface area contributed by atoms with E-state index in [1.165, 1.54) is 12.1 Å². The van der Waals surface area contributed by atoms with Crippen LogP contribution < -0.4 is 10.2 Å². The number of aliphatic hydroxyl groups is 1. The lowest BCUT2D eigenvalue weighted by molar-refractivity contribution is -0.131. The van der Waals surface area contributed by atoms with Crippen LogP contribution in [0, 0.1) is 5.92 Å². The third-order valence-corrected chi connectivity index (χ3v) is 8.08. The molecule has 1 aliphatic rings. The zero-order valence-corrected chi connectivity index (χ0v) is 21.4. The summed E-state index contributed by atoms with van der Waals surface area (Å²) in [5.41, 5.74) is 2.81. The van der Waals surface area contributed by atoms with Crippen molar-refractivity contribution < 1.29 is 29.4 Å². The van der Waals surface area contributed by atoms with Crippen molar-refractivity contribution in [2.24, 2.45) is 5.92 Å². The Kier molecular flexibility index (Phi) is 7.19. The molecule has 1 heterocycles. The Balaban J connectivity index is 1.47. The van der Waals surface area contributed by atoms with E-state index < -0.39 is 25.7 Å². The summed E-state index contributed by atoms with van der Waals surface area (Å²) in [6, 6.07) is 29.1. The van der Waals surface area contributed by atoms with Gasteiger partial charge >= 0.3 is 7.60 Å². The molecule has 0 spiro atoms. The molecule has 0 aromatic heterocycles. The van der Waals surface area contributed by atoms with Crippen LogP contribution in [0.15, 0.2) is 103 Å². The summed E-state index contributed by atoms with van der Waals surface area (Å²) in [4.78, 5) is 34.5. The SMILES string of the molecule is O=C1[C@H](CC[C@H](O)c2ccccc2)[C@@H](c2ccc(-c3ccccc3P(=O)(O)O)cc2O)N1c1ccccc1. The molecule has 1 fully saturated rings. The summed E-state index contributed by atoms with van der Waals surface area (Å²) in [5, 5.41) is 21.7. The maximum Gasteiger partial charge on any atom is 0.356 e. The van der Waals surface area contributed by atoms with Gasteiger partial charge < -0.3 is 24.9 Å². The zero-order chi connectivity index (χ0) is 26.9. The second kappa shape index (κ2) is 10.6. The Hall–Kier alpha value is -3.74. The highest BCUT2D eigenvalue weighted by Crippen LogP contribution is 2.49. The predicted octanol–water partition coefficient (Wildman–Crippen LogP) is 5.08. The number of phenolic OH excluding ortho intramolecular Hbond substituents is 1. The summed E-state index contributed by atoms with van der Waals surface area (Å²) in [6.07, 6.45) is 0.0923. The number of β-lactam (4-membered cyclic amide) rings is 1. The van der Waals surface area contributed by atoms with Gasteiger partial charge in [-0.1, -0.05) is 78.9 Å². The number of anilines is 1. The molecule has 1 amide bonds. The topological polar surface area (TPSA) is 118 Å². The third-order valence-electron chi connectivity index (χ3n) is 7.06. The van der Waals surface area contributed by atoms with E-state index in [4.69, 9.17) is 0 Å². The fourth-order valence-electron chi connectivity index (χ4n) is 5.17. The van der Waals surface area contributed by atoms with Crippen molar-refractivity contribution in [3.8, 4) is 16.9 Å². The number of carbonyl (C=O) groups excluding carboxylic acids is 1. The maximum atomic E-state index is 13.3. The van der Waals surface area contributed by atoms with Gasteiger partial charge in [-0.3, -0.25) is 9.36 Å². The average Bonchev–Trinajstić information content (AvgIpc) is 2.92. The number of aliphatic hydroxyl groups excluding tert-OH is 1. The molecule has 3 atom stereocenters. The van der Waals surface area contributed by atoms with Crippen molar-refractivity contribution in [3.63, 3.8) is 0 Å². The highest BCUT2D eigenvalue weighted by Gasteiger charge is 2.49. The van der Waals surface area contributed by atoms with E-state index in [9.17, 15) is 29.4 Å². The monoisotopic (exact) mass is 529 g/mol. The fourth-order valence-corrected chi connectivity index (χ4v) is 5.97. The largest absolute Gasteiger partial charge is 0.508 e. The van der Waals surface area contributed by atoms with E-state index >= 15 is 0 Å². The predicted molar refractivity (Wildman–Crippen MR) is 146 cm³/mol. The van der Waals surface area contributed by atoms with Gasteiger partial charge in [-0.2, -0.15) is 0 Å². The quantitative estimate of drug-likeness (QED) is 0.187. The molecular weight excluding hydrogens is 501 g/mol. The van der Waals surface area contributed by atoms with E-state index in [1.54, 1.807) is 35.2 Å². The van der Waals surface area contributed by atoms with Gasteiger partial charge in [0.1, 0.15) is 5.75 Å². The second-order valence-corrected chi connectivity index (χ2v) is 11.0. The fraction of sp³-hybridized carbons (Fsp3) is 0.167. The maximum absolute atomic E-state index is 13.3. The molecule has 0 aliphatic carbocycles. The average molecular weight is 530 g/mol. The van der Waals surface area contributed by atoms with Crippen molar-refractivity contribution in [2.75, 3.05) is 4.90 Å². The standard InChI is InChI=1S/C30H28NO6P/c32-26(20-9-3-1-4-10-20)18-17-25-29(31(30(25)34)22-11-5-2-6-12-22)24-16-15-21(19-27(24)33)23-13-7-8-14-28(23)38(35,36)37/h1-16,19,25-26,29,32-33H,17-18H2,(H2,35,36,37)/t25-,26+,29-/m1/s1. The highest BCUT2D eigenvalue weighted by molar-refractivity contribution is 7.60. The zero-order valence-electron chi connectivity index (χ0n) is 20.5. The smallest absolute Gasteiger partial charge is 0.356 e. The van der Waals surface area contributed by atoms with Gasteiger partial charge in [-0.15, -0.1) is 0 Å². The van der Waals surface area contributed by atoms with Gasteiger partial charge in [-0.05, 0) is 53.8 Å². The van der Waals surface area contributed by atoms with Crippen LogP contribution in [0.1, 0.15) is 36.1 Å². The minimum absolute atomic E-state index is 0.0740. The van der Waals surface area contributed by atoms with Crippen LogP contribution in [-0.2, 0) is 9.36 Å². The summed E-state index contributed by atoms with van der Waals surface area (Å²) >= 11 is 0. The second-order valence-electron chi connectivity index (χ2n) is 9.43. The summed E-state index contributed by atoms with van der Waals surface area (Å²) in [5.74, 6) is -0.612. The van der Waals surface area contributed by atoms with Crippen LogP contribution in [0.3, 0.4) is 0 Å². The number of nitrogens with zero attached hydrogens (tertiary/aromatic N) is 1. The number of hydrogen-bond donors (Lipinski definition) is 4. The number of rotatable bonds is 8. The van der Waals surface area contributed by atoms with Crippen LogP contribution >= 0.6 is 7.60 Å². The minimum atomic E-state index is -4.53. The summed E-state index contributed by atoms with van der Waals surface area (Å²) in [7, 11) is -4.53. The molecule has 7 nitrogen and oxygen atoms in total. The Labute approximate surface area is 220 Å².